The molecule has 0 N–H and O–H groups in total. The fraction of sp³-hybridized carbons (Fsp3) is 0.600. The Morgan fingerprint density at radius 2 is 1.92 bits per heavy atom. The van der Waals surface area contributed by atoms with Gasteiger partial charge in [-0.3, -0.25) is 14.4 Å². The first-order valence-electron chi connectivity index (χ1n) is 8.80. The quantitative estimate of drug-likeness (QED) is 0.554. The fourth-order valence-corrected chi connectivity index (χ4v) is 3.55. The van der Waals surface area contributed by atoms with E-state index in [4.69, 9.17) is 9.47 Å². The third kappa shape index (κ3) is 4.97. The minimum atomic E-state index is -0.928. The third-order valence-electron chi connectivity index (χ3n) is 4.97. The molecule has 0 saturated carbocycles. The number of Topliss-reactive ketones (excluding diaryl/α,β-unsaturated/α-hetero) is 3. The number of esters is 1. The average Bonchev–Trinajstić information content (AvgIpc) is 2.81. The maximum atomic E-state index is 12.5. The number of rotatable bonds is 2. The maximum Gasteiger partial charge on any atom is 0.333 e. The van der Waals surface area contributed by atoms with Crippen LogP contribution in [0, 0.1) is 5.92 Å². The molecule has 0 radical (unpaired) electrons. The predicted molar refractivity (Wildman–Crippen MR) is 94.4 cm³/mol. The Bertz CT molecular complexity index is 674. The normalized spacial score (nSPS) is 32.7. The zero-order valence-corrected chi connectivity index (χ0v) is 15.6. The van der Waals surface area contributed by atoms with Gasteiger partial charge in [-0.1, -0.05) is 18.2 Å². The summed E-state index contributed by atoms with van der Waals surface area (Å²) in [7, 11) is 1.26. The van der Waals surface area contributed by atoms with E-state index < -0.39 is 17.7 Å². The van der Waals surface area contributed by atoms with Crippen molar-refractivity contribution in [2.24, 2.45) is 5.92 Å². The van der Waals surface area contributed by atoms with Gasteiger partial charge >= 0.3 is 5.97 Å². The van der Waals surface area contributed by atoms with E-state index in [0.29, 0.717) is 6.42 Å². The molecular weight excluding hydrogens is 336 g/mol. The van der Waals surface area contributed by atoms with Gasteiger partial charge in [-0.25, -0.2) is 4.79 Å². The van der Waals surface area contributed by atoms with Crippen molar-refractivity contribution in [3.63, 3.8) is 0 Å². The van der Waals surface area contributed by atoms with Crippen molar-refractivity contribution in [3.05, 3.63) is 23.8 Å². The number of carbonyl (C=O) groups is 4. The van der Waals surface area contributed by atoms with Gasteiger partial charge in [0.15, 0.2) is 5.78 Å². The molecule has 1 saturated heterocycles. The molecule has 2 aliphatic heterocycles. The Morgan fingerprint density at radius 3 is 2.54 bits per heavy atom. The standard InChI is InChI=1S/C20H26O6/c1-12(2)13-5-6-14(19(24)25-4)8-16(22)10-20(3)11-17(23)18(26-20)9-15(21)7-13/h6,13,18H,1,5,7-11H2,2-4H3/b14-6+/t13-,18+,20-/m0/s1. The van der Waals surface area contributed by atoms with Gasteiger partial charge in [0, 0.05) is 37.7 Å². The van der Waals surface area contributed by atoms with Crippen LogP contribution in [0.5, 0.6) is 0 Å². The summed E-state index contributed by atoms with van der Waals surface area (Å²) in [6.07, 6.45) is 1.55. The number of hydrogen-bond donors (Lipinski definition) is 0. The highest BCUT2D eigenvalue weighted by atomic mass is 16.5. The molecule has 2 rings (SSSR count). The summed E-state index contributed by atoms with van der Waals surface area (Å²) in [5.41, 5.74) is 0.144. The summed E-state index contributed by atoms with van der Waals surface area (Å²) in [5.74, 6) is -1.16. The topological polar surface area (TPSA) is 86.7 Å². The summed E-state index contributed by atoms with van der Waals surface area (Å²) < 4.78 is 10.6. The molecule has 6 heteroatoms. The monoisotopic (exact) mass is 362 g/mol. The highest BCUT2D eigenvalue weighted by Crippen LogP contribution is 2.34. The lowest BCUT2D eigenvalue weighted by molar-refractivity contribution is -0.138. The number of carbonyl (C=O) groups excluding carboxylic acids is 4. The SMILES string of the molecule is C=C(C)[C@H]1C/C=C(/C(=O)OC)CC(=O)C[C@@]2(C)CC(=O)[C@@H](CC(=O)C1)O2. The molecule has 0 unspecified atom stereocenters. The number of ether oxygens (including phenoxy) is 2. The summed E-state index contributed by atoms with van der Waals surface area (Å²) in [4.78, 5) is 49.1. The number of allylic oxidation sites excluding steroid dienone is 2. The van der Waals surface area contributed by atoms with Gasteiger partial charge in [0.25, 0.3) is 0 Å². The number of ketones is 3. The number of hydrogen-bond acceptors (Lipinski definition) is 6. The molecule has 2 bridgehead atoms. The molecule has 3 atom stereocenters. The van der Waals surface area contributed by atoms with E-state index in [1.807, 2.05) is 6.92 Å². The van der Waals surface area contributed by atoms with Crippen molar-refractivity contribution in [1.82, 2.24) is 0 Å². The van der Waals surface area contributed by atoms with Crippen LogP contribution < -0.4 is 0 Å². The Hall–Kier alpha value is -2.08. The van der Waals surface area contributed by atoms with Crippen LogP contribution in [0.25, 0.3) is 0 Å². The number of methoxy groups -OCH3 is 1. The van der Waals surface area contributed by atoms with Crippen molar-refractivity contribution in [1.29, 1.82) is 0 Å². The first-order valence-corrected chi connectivity index (χ1v) is 8.80. The fourth-order valence-electron chi connectivity index (χ4n) is 3.55. The van der Waals surface area contributed by atoms with E-state index in [1.165, 1.54) is 7.11 Å². The van der Waals surface area contributed by atoms with E-state index in [9.17, 15) is 19.2 Å². The molecule has 0 aromatic heterocycles. The van der Waals surface area contributed by atoms with Crippen LogP contribution in [0.15, 0.2) is 23.8 Å². The second-order valence-corrected chi connectivity index (χ2v) is 7.54. The molecule has 142 valence electrons. The highest BCUT2D eigenvalue weighted by Gasteiger charge is 2.44. The van der Waals surface area contributed by atoms with Gasteiger partial charge in [0.1, 0.15) is 17.7 Å². The molecule has 2 heterocycles. The molecule has 26 heavy (non-hydrogen) atoms. The van der Waals surface area contributed by atoms with Crippen molar-refractivity contribution in [3.8, 4) is 0 Å². The largest absolute Gasteiger partial charge is 0.466 e. The molecule has 1 fully saturated rings. The third-order valence-corrected chi connectivity index (χ3v) is 4.97. The molecular formula is C20H26O6. The molecule has 6 nitrogen and oxygen atoms in total. The molecule has 0 aliphatic carbocycles. The minimum absolute atomic E-state index is 0.0139. The van der Waals surface area contributed by atoms with E-state index in [-0.39, 0.29) is 60.9 Å². The first kappa shape index (κ1) is 20.2. The lowest BCUT2D eigenvalue weighted by Crippen LogP contribution is -2.29. The molecule has 0 aromatic carbocycles. The van der Waals surface area contributed by atoms with Crippen LogP contribution in [-0.2, 0) is 28.7 Å². The van der Waals surface area contributed by atoms with Crippen molar-refractivity contribution in [2.75, 3.05) is 7.11 Å². The smallest absolute Gasteiger partial charge is 0.333 e. The maximum absolute atomic E-state index is 12.5. The Balaban J connectivity index is 2.34. The highest BCUT2D eigenvalue weighted by molar-refractivity contribution is 5.97. The zero-order chi connectivity index (χ0) is 19.5. The zero-order valence-electron chi connectivity index (χ0n) is 15.6. The van der Waals surface area contributed by atoms with Gasteiger partial charge in [-0.05, 0) is 26.2 Å². The second kappa shape index (κ2) is 8.08. The van der Waals surface area contributed by atoms with E-state index in [0.717, 1.165) is 5.57 Å². The molecule has 0 amide bonds. The first-order chi connectivity index (χ1) is 12.1. The summed E-state index contributed by atoms with van der Waals surface area (Å²) in [6, 6.07) is 0. The molecule has 0 aromatic rings. The van der Waals surface area contributed by atoms with Crippen LogP contribution in [-0.4, -0.2) is 42.1 Å². The minimum Gasteiger partial charge on any atom is -0.466 e. The summed E-state index contributed by atoms with van der Waals surface area (Å²) >= 11 is 0. The molecule has 2 aliphatic rings. The van der Waals surface area contributed by atoms with Gasteiger partial charge in [0.2, 0.25) is 0 Å². The van der Waals surface area contributed by atoms with Crippen LogP contribution in [0.3, 0.4) is 0 Å². The van der Waals surface area contributed by atoms with Crippen LogP contribution in [0.4, 0.5) is 0 Å². The van der Waals surface area contributed by atoms with E-state index in [2.05, 4.69) is 6.58 Å². The summed E-state index contributed by atoms with van der Waals surface area (Å²) in [6.45, 7) is 7.44. The lowest BCUT2D eigenvalue weighted by atomic mass is 9.87. The van der Waals surface area contributed by atoms with E-state index in [1.54, 1.807) is 13.0 Å². The van der Waals surface area contributed by atoms with Crippen LogP contribution >= 0.6 is 0 Å². The Kier molecular flexibility index (Phi) is 6.29. The van der Waals surface area contributed by atoms with Crippen molar-refractivity contribution >= 4 is 23.3 Å². The van der Waals surface area contributed by atoms with Crippen molar-refractivity contribution < 1.29 is 28.7 Å². The predicted octanol–water partition coefficient (Wildman–Crippen LogP) is 2.50. The number of fused-ring (bicyclic) bond motifs is 2. The Morgan fingerprint density at radius 1 is 1.23 bits per heavy atom. The molecule has 0 spiro atoms. The van der Waals surface area contributed by atoms with E-state index >= 15 is 0 Å². The Labute approximate surface area is 153 Å². The van der Waals surface area contributed by atoms with Crippen molar-refractivity contribution in [2.45, 2.75) is 64.1 Å². The van der Waals surface area contributed by atoms with Gasteiger partial charge in [0.05, 0.1) is 12.7 Å². The second-order valence-electron chi connectivity index (χ2n) is 7.54. The summed E-state index contributed by atoms with van der Waals surface area (Å²) in [5, 5.41) is 0. The van der Waals surface area contributed by atoms with Crippen LogP contribution in [0.1, 0.15) is 52.4 Å². The van der Waals surface area contributed by atoms with Gasteiger partial charge < -0.3 is 9.47 Å². The average molecular weight is 362 g/mol. The van der Waals surface area contributed by atoms with Crippen LogP contribution in [0.2, 0.25) is 0 Å². The lowest BCUT2D eigenvalue weighted by Gasteiger charge is -2.23. The van der Waals surface area contributed by atoms with Gasteiger partial charge in [-0.2, -0.15) is 0 Å². The van der Waals surface area contributed by atoms with Gasteiger partial charge in [-0.15, -0.1) is 0 Å².